The molecule has 2 heterocycles. The van der Waals surface area contributed by atoms with E-state index >= 15 is 0 Å². The Labute approximate surface area is 172 Å². The van der Waals surface area contributed by atoms with Crippen molar-refractivity contribution in [3.05, 3.63) is 34.9 Å². The zero-order valence-corrected chi connectivity index (χ0v) is 15.3. The van der Waals surface area contributed by atoms with Gasteiger partial charge in [0.2, 0.25) is 5.96 Å². The minimum Gasteiger partial charge on any atom is -0.423 e. The Morgan fingerprint density at radius 2 is 1.97 bits per heavy atom. The highest BCUT2D eigenvalue weighted by atomic mass is 19.4. The van der Waals surface area contributed by atoms with Crippen LogP contribution in [0.1, 0.15) is 22.7 Å². The van der Waals surface area contributed by atoms with Gasteiger partial charge in [0.1, 0.15) is 35.1 Å². The fourth-order valence-electron chi connectivity index (χ4n) is 2.98. The SMILES string of the molecule is N#CNC1=NC(c2ccc(OC(F)(F)F)c(B(O)O)c2)c2c(nc(N)c(C#N)c2N)N1. The van der Waals surface area contributed by atoms with E-state index in [0.717, 1.165) is 12.1 Å². The summed E-state index contributed by atoms with van der Waals surface area (Å²) in [4.78, 5) is 8.27. The number of fused-ring (bicyclic) bond motifs is 1. The first-order chi connectivity index (χ1) is 14.6. The molecular formula is C16H12BF3N8O3. The maximum absolute atomic E-state index is 12.6. The fourth-order valence-corrected chi connectivity index (χ4v) is 2.98. The number of nitrogen functional groups attached to an aromatic ring is 2. The second-order valence-electron chi connectivity index (χ2n) is 6.12. The predicted octanol–water partition coefficient (Wildman–Crippen LogP) is -0.362. The number of aliphatic imine (C=N–C) groups is 1. The number of ether oxygens (including phenoxy) is 1. The van der Waals surface area contributed by atoms with Gasteiger partial charge in [0.15, 0.2) is 6.19 Å². The van der Waals surface area contributed by atoms with Crippen molar-refractivity contribution in [1.29, 1.82) is 10.5 Å². The van der Waals surface area contributed by atoms with Crippen molar-refractivity contribution in [2.45, 2.75) is 12.4 Å². The van der Waals surface area contributed by atoms with E-state index in [1.807, 2.05) is 0 Å². The highest BCUT2D eigenvalue weighted by molar-refractivity contribution is 6.59. The van der Waals surface area contributed by atoms with Gasteiger partial charge in [-0.1, -0.05) is 12.1 Å². The number of nitrogens with zero attached hydrogens (tertiary/aromatic N) is 4. The van der Waals surface area contributed by atoms with Crippen LogP contribution in [0.2, 0.25) is 0 Å². The number of pyridine rings is 1. The molecule has 1 aliphatic heterocycles. The smallest absolute Gasteiger partial charge is 0.423 e. The molecular weight excluding hydrogens is 420 g/mol. The number of nitrogens with two attached hydrogens (primary N) is 2. The number of nitrogens with one attached hydrogen (secondary N) is 2. The molecule has 1 atom stereocenters. The molecule has 1 aromatic carbocycles. The van der Waals surface area contributed by atoms with Crippen LogP contribution in [0.5, 0.6) is 5.75 Å². The van der Waals surface area contributed by atoms with Crippen LogP contribution in [-0.2, 0) is 0 Å². The monoisotopic (exact) mass is 432 g/mol. The number of alkyl halides is 3. The normalized spacial score (nSPS) is 14.9. The van der Waals surface area contributed by atoms with Crippen molar-refractivity contribution in [3.63, 3.8) is 0 Å². The molecule has 1 aromatic heterocycles. The molecule has 0 radical (unpaired) electrons. The Kier molecular flexibility index (Phi) is 5.48. The molecule has 31 heavy (non-hydrogen) atoms. The number of anilines is 3. The van der Waals surface area contributed by atoms with E-state index in [1.165, 1.54) is 6.07 Å². The highest BCUT2D eigenvalue weighted by Crippen LogP contribution is 2.40. The van der Waals surface area contributed by atoms with E-state index in [2.05, 4.69) is 25.3 Å². The molecule has 0 saturated heterocycles. The van der Waals surface area contributed by atoms with E-state index in [0.29, 0.717) is 0 Å². The molecule has 0 saturated carbocycles. The Balaban J connectivity index is 2.21. The second kappa shape index (κ2) is 7.90. The quantitative estimate of drug-likeness (QED) is 0.211. The molecule has 0 amide bonds. The van der Waals surface area contributed by atoms with Crippen LogP contribution >= 0.6 is 0 Å². The average Bonchev–Trinajstić information content (AvgIpc) is 2.66. The summed E-state index contributed by atoms with van der Waals surface area (Å²) in [5.74, 6) is -1.06. The van der Waals surface area contributed by atoms with Crippen LogP contribution in [0.3, 0.4) is 0 Å². The van der Waals surface area contributed by atoms with Crippen molar-refractivity contribution in [2.75, 3.05) is 16.8 Å². The standard InChI is InChI=1S/C16H12BF3N8O3/c18-16(19,20)31-9-2-1-6(3-8(9)17(29)30)12-10-11(23)7(4-21)13(24)27-14(10)28-15(26-12)25-5-22/h1-3,12,29-30H,(H6,23,24,25,26,27,28). The van der Waals surface area contributed by atoms with Crippen molar-refractivity contribution < 1.29 is 28.0 Å². The van der Waals surface area contributed by atoms with Gasteiger partial charge in [-0.3, -0.25) is 5.32 Å². The van der Waals surface area contributed by atoms with Crippen molar-refractivity contribution >= 4 is 35.9 Å². The van der Waals surface area contributed by atoms with Gasteiger partial charge in [-0.25, -0.2) is 9.98 Å². The molecule has 0 spiro atoms. The summed E-state index contributed by atoms with van der Waals surface area (Å²) >= 11 is 0. The molecule has 1 unspecified atom stereocenters. The number of nitriles is 2. The number of guanidine groups is 1. The number of aromatic nitrogens is 1. The third-order valence-corrected chi connectivity index (χ3v) is 4.21. The first kappa shape index (κ1) is 21.5. The molecule has 158 valence electrons. The molecule has 0 aliphatic carbocycles. The topological polar surface area (TPSA) is 199 Å². The van der Waals surface area contributed by atoms with Crippen molar-refractivity contribution in [2.24, 2.45) is 4.99 Å². The van der Waals surface area contributed by atoms with Crippen LogP contribution in [0.4, 0.5) is 30.5 Å². The Morgan fingerprint density at radius 1 is 1.26 bits per heavy atom. The number of hydrogen-bond acceptors (Lipinski definition) is 11. The van der Waals surface area contributed by atoms with Gasteiger partial charge >= 0.3 is 13.5 Å². The average molecular weight is 432 g/mol. The second-order valence-corrected chi connectivity index (χ2v) is 6.12. The van der Waals surface area contributed by atoms with Crippen LogP contribution < -0.4 is 32.3 Å². The number of halogens is 3. The molecule has 2 aromatic rings. The van der Waals surface area contributed by atoms with Crippen molar-refractivity contribution in [3.8, 4) is 18.0 Å². The van der Waals surface area contributed by atoms with E-state index in [4.69, 9.17) is 16.7 Å². The fraction of sp³-hybridized carbons (Fsp3) is 0.125. The van der Waals surface area contributed by atoms with Gasteiger partial charge in [-0.05, 0) is 11.6 Å². The minimum absolute atomic E-state index is 0.0495. The lowest BCUT2D eigenvalue weighted by molar-refractivity contribution is -0.274. The largest absolute Gasteiger partial charge is 0.573 e. The van der Waals surface area contributed by atoms with E-state index in [9.17, 15) is 28.5 Å². The van der Waals surface area contributed by atoms with E-state index in [1.54, 1.807) is 12.3 Å². The zero-order valence-electron chi connectivity index (χ0n) is 15.3. The molecule has 11 nitrogen and oxygen atoms in total. The lowest BCUT2D eigenvalue weighted by Crippen LogP contribution is -2.35. The van der Waals surface area contributed by atoms with Crippen LogP contribution in [0, 0.1) is 22.8 Å². The summed E-state index contributed by atoms with van der Waals surface area (Å²) in [7, 11) is -2.31. The predicted molar refractivity (Wildman–Crippen MR) is 102 cm³/mol. The van der Waals surface area contributed by atoms with Gasteiger partial charge < -0.3 is 31.6 Å². The molecule has 1 aliphatic rings. The number of benzene rings is 1. The maximum atomic E-state index is 12.6. The van der Waals surface area contributed by atoms with Gasteiger partial charge in [0, 0.05) is 11.0 Å². The summed E-state index contributed by atoms with van der Waals surface area (Å²) in [6.45, 7) is 0. The van der Waals surface area contributed by atoms with Crippen LogP contribution in [0.15, 0.2) is 23.2 Å². The third-order valence-electron chi connectivity index (χ3n) is 4.21. The molecule has 3 rings (SSSR count). The third kappa shape index (κ3) is 4.22. The summed E-state index contributed by atoms with van der Waals surface area (Å²) < 4.78 is 41.7. The maximum Gasteiger partial charge on any atom is 0.573 e. The summed E-state index contributed by atoms with van der Waals surface area (Å²) in [5, 5.41) is 42.2. The first-order valence-electron chi connectivity index (χ1n) is 8.30. The lowest BCUT2D eigenvalue weighted by Gasteiger charge is -2.26. The van der Waals surface area contributed by atoms with Gasteiger partial charge in [-0.15, -0.1) is 13.2 Å². The van der Waals surface area contributed by atoms with Gasteiger partial charge in [0.05, 0.1) is 5.69 Å². The Bertz CT molecular complexity index is 1160. The number of rotatable bonds is 3. The summed E-state index contributed by atoms with van der Waals surface area (Å²) in [5.41, 5.74) is 11.3. The van der Waals surface area contributed by atoms with E-state index in [-0.39, 0.29) is 40.0 Å². The molecule has 0 fully saturated rings. The highest BCUT2D eigenvalue weighted by Gasteiger charge is 2.35. The van der Waals surface area contributed by atoms with E-state index < -0.39 is 30.7 Å². The van der Waals surface area contributed by atoms with Crippen LogP contribution in [-0.4, -0.2) is 34.5 Å². The minimum atomic E-state index is -5.07. The first-order valence-corrected chi connectivity index (χ1v) is 8.30. The zero-order chi connectivity index (χ0) is 22.9. The molecule has 0 bridgehead atoms. The summed E-state index contributed by atoms with van der Waals surface area (Å²) in [6.07, 6.45) is -3.42. The Hall–Kier alpha value is -4.21. The van der Waals surface area contributed by atoms with Gasteiger partial charge in [-0.2, -0.15) is 10.5 Å². The lowest BCUT2D eigenvalue weighted by atomic mass is 9.77. The number of hydrogen-bond donors (Lipinski definition) is 6. The molecule has 8 N–H and O–H groups in total. The van der Waals surface area contributed by atoms with Gasteiger partial charge in [0.25, 0.3) is 0 Å². The summed E-state index contributed by atoms with van der Waals surface area (Å²) in [6, 6.07) is 3.78. The van der Waals surface area contributed by atoms with Crippen LogP contribution in [0.25, 0.3) is 0 Å². The van der Waals surface area contributed by atoms with Crippen molar-refractivity contribution in [1.82, 2.24) is 10.3 Å². The Morgan fingerprint density at radius 3 is 2.55 bits per heavy atom. The molecule has 15 heteroatoms.